The average molecular weight is 340 g/mol. The van der Waals surface area contributed by atoms with Crippen LogP contribution in [-0.4, -0.2) is 35.3 Å². The predicted octanol–water partition coefficient (Wildman–Crippen LogP) is 3.42. The molecule has 23 heavy (non-hydrogen) atoms. The van der Waals surface area contributed by atoms with Crippen LogP contribution >= 0.6 is 11.3 Å². The van der Waals surface area contributed by atoms with Crippen molar-refractivity contribution in [3.8, 4) is 0 Å². The highest BCUT2D eigenvalue weighted by molar-refractivity contribution is 7.09. The van der Waals surface area contributed by atoms with E-state index in [-0.39, 0.29) is 12.1 Å². The molecule has 1 aliphatic rings. The molecule has 0 saturated heterocycles. The second kappa shape index (κ2) is 8.11. The van der Waals surface area contributed by atoms with Gasteiger partial charge in [-0.3, -0.25) is 0 Å². The first kappa shape index (κ1) is 18.2. The third kappa shape index (κ3) is 6.87. The van der Waals surface area contributed by atoms with Crippen LogP contribution in [0.2, 0.25) is 0 Å². The Hall–Kier alpha value is -1.14. The number of alkyl carbamates (subject to hydrolysis) is 1. The minimum Gasteiger partial charge on any atom is -0.444 e. The van der Waals surface area contributed by atoms with Crippen molar-refractivity contribution in [1.82, 2.24) is 15.6 Å². The van der Waals surface area contributed by atoms with E-state index in [0.717, 1.165) is 43.7 Å². The maximum absolute atomic E-state index is 11.8. The smallest absolute Gasteiger partial charge is 0.407 e. The lowest BCUT2D eigenvalue weighted by Gasteiger charge is -2.30. The number of nitrogens with zero attached hydrogens (tertiary/aromatic N) is 1. The highest BCUT2D eigenvalue weighted by atomic mass is 32.1. The molecule has 0 radical (unpaired) electrons. The number of aryl methyl sites for hydroxylation is 1. The maximum Gasteiger partial charge on any atom is 0.407 e. The molecule has 0 spiro atoms. The second-order valence-corrected chi connectivity index (χ2v) is 8.32. The minimum atomic E-state index is -0.434. The third-order valence-electron chi connectivity index (χ3n) is 3.93. The van der Waals surface area contributed by atoms with Crippen LogP contribution in [-0.2, 0) is 11.2 Å². The van der Waals surface area contributed by atoms with Crippen molar-refractivity contribution in [1.29, 1.82) is 0 Å². The van der Waals surface area contributed by atoms with E-state index < -0.39 is 5.60 Å². The van der Waals surface area contributed by atoms with Crippen LogP contribution in [0.15, 0.2) is 5.38 Å². The topological polar surface area (TPSA) is 63.2 Å². The van der Waals surface area contributed by atoms with Gasteiger partial charge in [0, 0.05) is 30.4 Å². The number of nitrogens with one attached hydrogen (secondary N) is 2. The van der Waals surface area contributed by atoms with Crippen LogP contribution in [0.25, 0.3) is 0 Å². The summed E-state index contributed by atoms with van der Waals surface area (Å²) >= 11 is 1.71. The molecule has 1 saturated carbocycles. The Labute approximate surface area is 143 Å². The van der Waals surface area contributed by atoms with Crippen molar-refractivity contribution < 1.29 is 9.53 Å². The molecule has 1 aromatic rings. The molecule has 2 rings (SSSR count). The van der Waals surface area contributed by atoms with Crippen LogP contribution < -0.4 is 10.6 Å². The van der Waals surface area contributed by atoms with Crippen LogP contribution in [0.3, 0.4) is 0 Å². The number of aromatic nitrogens is 1. The molecule has 0 atom stereocenters. The molecular formula is C17H29N3O2S. The fourth-order valence-electron chi connectivity index (χ4n) is 2.84. The number of ether oxygens (including phenoxy) is 1. The first-order chi connectivity index (χ1) is 10.8. The predicted molar refractivity (Wildman–Crippen MR) is 94.0 cm³/mol. The lowest BCUT2D eigenvalue weighted by atomic mass is 9.91. The summed E-state index contributed by atoms with van der Waals surface area (Å²) in [6, 6.07) is 0.788. The van der Waals surface area contributed by atoms with E-state index in [1.807, 2.05) is 27.7 Å². The molecule has 0 unspecified atom stereocenters. The molecule has 130 valence electrons. The van der Waals surface area contributed by atoms with Gasteiger partial charge in [0.1, 0.15) is 5.60 Å². The molecule has 1 aliphatic carbocycles. The summed E-state index contributed by atoms with van der Waals surface area (Å²) in [4.78, 5) is 16.3. The van der Waals surface area contributed by atoms with Crippen molar-refractivity contribution in [2.24, 2.45) is 0 Å². The third-order valence-corrected chi connectivity index (χ3v) is 4.75. The first-order valence-corrected chi connectivity index (χ1v) is 9.34. The number of rotatable bonds is 5. The van der Waals surface area contributed by atoms with E-state index in [4.69, 9.17) is 4.74 Å². The number of carbonyl (C=O) groups excluding carboxylic acids is 1. The van der Waals surface area contributed by atoms with Crippen LogP contribution in [0.4, 0.5) is 4.79 Å². The highest BCUT2D eigenvalue weighted by Crippen LogP contribution is 2.19. The van der Waals surface area contributed by atoms with E-state index in [1.165, 1.54) is 5.69 Å². The molecule has 1 amide bonds. The number of carbonyl (C=O) groups is 1. The number of thiazole rings is 1. The first-order valence-electron chi connectivity index (χ1n) is 8.46. The average Bonchev–Trinajstić information content (AvgIpc) is 2.84. The Morgan fingerprint density at radius 3 is 2.52 bits per heavy atom. The quantitative estimate of drug-likeness (QED) is 0.863. The molecule has 2 N–H and O–H groups in total. The summed E-state index contributed by atoms with van der Waals surface area (Å²) in [6.45, 7) is 8.67. The number of hydrogen-bond donors (Lipinski definition) is 2. The molecule has 6 heteroatoms. The summed E-state index contributed by atoms with van der Waals surface area (Å²) in [7, 11) is 0. The summed E-state index contributed by atoms with van der Waals surface area (Å²) in [6.07, 6.45) is 4.89. The SMILES string of the molecule is Cc1nc(CCNC2CCC(NC(=O)OC(C)(C)C)CC2)cs1. The van der Waals surface area contributed by atoms with Crippen molar-refractivity contribution in [2.75, 3.05) is 6.54 Å². The monoisotopic (exact) mass is 339 g/mol. The molecule has 1 aromatic heterocycles. The molecular weight excluding hydrogens is 310 g/mol. The molecule has 0 aliphatic heterocycles. The van der Waals surface area contributed by atoms with Crippen LogP contribution in [0, 0.1) is 6.92 Å². The maximum atomic E-state index is 11.8. The van der Waals surface area contributed by atoms with Gasteiger partial charge in [0.05, 0.1) is 10.7 Å². The van der Waals surface area contributed by atoms with Crippen molar-refractivity contribution in [2.45, 2.75) is 77.5 Å². The van der Waals surface area contributed by atoms with Gasteiger partial charge in [0.2, 0.25) is 0 Å². The van der Waals surface area contributed by atoms with Gasteiger partial charge in [-0.2, -0.15) is 0 Å². The van der Waals surface area contributed by atoms with Gasteiger partial charge in [0.15, 0.2) is 0 Å². The Bertz CT molecular complexity index is 502. The van der Waals surface area contributed by atoms with E-state index in [0.29, 0.717) is 6.04 Å². The second-order valence-electron chi connectivity index (χ2n) is 7.26. The molecule has 0 bridgehead atoms. The number of hydrogen-bond acceptors (Lipinski definition) is 5. The molecule has 5 nitrogen and oxygen atoms in total. The summed E-state index contributed by atoms with van der Waals surface area (Å²) in [5.41, 5.74) is 0.747. The standard InChI is InChI=1S/C17H29N3O2S/c1-12-19-15(11-23-12)9-10-18-13-5-7-14(8-6-13)20-16(21)22-17(2,3)4/h11,13-14,18H,5-10H2,1-4H3,(H,20,21). The van der Waals surface area contributed by atoms with Crippen LogP contribution in [0.1, 0.15) is 57.2 Å². The van der Waals surface area contributed by atoms with Gasteiger partial charge in [-0.25, -0.2) is 9.78 Å². The normalized spacial score (nSPS) is 21.9. The van der Waals surface area contributed by atoms with Gasteiger partial charge >= 0.3 is 6.09 Å². The lowest BCUT2D eigenvalue weighted by Crippen LogP contribution is -2.44. The van der Waals surface area contributed by atoms with E-state index in [2.05, 4.69) is 21.0 Å². The Kier molecular flexibility index (Phi) is 6.41. The van der Waals surface area contributed by atoms with Gasteiger partial charge < -0.3 is 15.4 Å². The van der Waals surface area contributed by atoms with E-state index in [9.17, 15) is 4.79 Å². The zero-order valence-corrected chi connectivity index (χ0v) is 15.5. The van der Waals surface area contributed by atoms with Crippen molar-refractivity contribution >= 4 is 17.4 Å². The summed E-state index contributed by atoms with van der Waals surface area (Å²) < 4.78 is 5.31. The van der Waals surface area contributed by atoms with E-state index in [1.54, 1.807) is 11.3 Å². The molecule has 0 aromatic carbocycles. The molecule has 1 heterocycles. The van der Waals surface area contributed by atoms with Crippen molar-refractivity contribution in [3.05, 3.63) is 16.1 Å². The summed E-state index contributed by atoms with van der Waals surface area (Å²) in [5, 5.41) is 9.87. The Morgan fingerprint density at radius 1 is 1.30 bits per heavy atom. The van der Waals surface area contributed by atoms with Gasteiger partial charge in [-0.15, -0.1) is 11.3 Å². The van der Waals surface area contributed by atoms with Gasteiger partial charge in [-0.1, -0.05) is 0 Å². The minimum absolute atomic E-state index is 0.240. The fourth-order valence-corrected chi connectivity index (χ4v) is 3.49. The highest BCUT2D eigenvalue weighted by Gasteiger charge is 2.24. The Balaban J connectivity index is 1.61. The van der Waals surface area contributed by atoms with Crippen molar-refractivity contribution in [3.63, 3.8) is 0 Å². The van der Waals surface area contributed by atoms with E-state index >= 15 is 0 Å². The summed E-state index contributed by atoms with van der Waals surface area (Å²) in [5.74, 6) is 0. The van der Waals surface area contributed by atoms with Gasteiger partial charge in [-0.05, 0) is 53.4 Å². The largest absolute Gasteiger partial charge is 0.444 e. The fraction of sp³-hybridized carbons (Fsp3) is 0.765. The Morgan fingerprint density at radius 2 is 1.96 bits per heavy atom. The molecule has 1 fully saturated rings. The van der Waals surface area contributed by atoms with Gasteiger partial charge in [0.25, 0.3) is 0 Å². The number of amides is 1. The lowest BCUT2D eigenvalue weighted by molar-refractivity contribution is 0.0490. The zero-order valence-electron chi connectivity index (χ0n) is 14.6. The van der Waals surface area contributed by atoms with Crippen LogP contribution in [0.5, 0.6) is 0 Å². The zero-order chi connectivity index (χ0) is 16.9.